The van der Waals surface area contributed by atoms with Crippen LogP contribution < -0.4 is 11.1 Å². The first-order valence-electron chi connectivity index (χ1n) is 6.27. The summed E-state index contributed by atoms with van der Waals surface area (Å²) in [7, 11) is 1.54. The molecule has 1 amide bonds. The summed E-state index contributed by atoms with van der Waals surface area (Å²) in [6.45, 7) is 0.107. The normalized spacial score (nSPS) is 11.7. The van der Waals surface area contributed by atoms with E-state index in [1.54, 1.807) is 19.2 Å². The number of carbonyl (C=O) groups excluding carboxylic acids is 1. The number of hydrogen-bond donors (Lipinski definition) is 2. The van der Waals surface area contributed by atoms with Gasteiger partial charge in [-0.2, -0.15) is 13.2 Å². The van der Waals surface area contributed by atoms with Crippen molar-refractivity contribution in [3.63, 3.8) is 0 Å². The molecule has 0 unspecified atom stereocenters. The third kappa shape index (κ3) is 7.19. The van der Waals surface area contributed by atoms with Crippen molar-refractivity contribution in [3.8, 4) is 0 Å². The Hall–Kier alpha value is -1.47. The zero-order chi connectivity index (χ0) is 16.0. The van der Waals surface area contributed by atoms with Crippen molar-refractivity contribution < 1.29 is 18.0 Å². The van der Waals surface area contributed by atoms with Crippen LogP contribution in [0.3, 0.4) is 0 Å². The maximum Gasteiger partial charge on any atom is 0.390 e. The molecule has 0 saturated heterocycles. The van der Waals surface area contributed by atoms with Crippen LogP contribution in [0.5, 0.6) is 0 Å². The SMILES string of the molecule is CN(CCC(=O)Nc1ccc(Cl)c(N)c1)CCC(F)(F)F. The number of rotatable bonds is 6. The maximum atomic E-state index is 12.0. The lowest BCUT2D eigenvalue weighted by molar-refractivity contribution is -0.137. The second-order valence-corrected chi connectivity index (χ2v) is 5.11. The van der Waals surface area contributed by atoms with Gasteiger partial charge in [0.2, 0.25) is 5.91 Å². The van der Waals surface area contributed by atoms with Gasteiger partial charge in [0.25, 0.3) is 0 Å². The van der Waals surface area contributed by atoms with Crippen LogP contribution in [0.15, 0.2) is 18.2 Å². The first-order valence-corrected chi connectivity index (χ1v) is 6.65. The number of nitrogens with two attached hydrogens (primary N) is 1. The van der Waals surface area contributed by atoms with Crippen LogP contribution in [0.2, 0.25) is 5.02 Å². The summed E-state index contributed by atoms with van der Waals surface area (Å²) in [6.07, 6.45) is -4.98. The van der Waals surface area contributed by atoms with Gasteiger partial charge in [-0.1, -0.05) is 11.6 Å². The van der Waals surface area contributed by atoms with E-state index in [0.717, 1.165) is 0 Å². The Balaban J connectivity index is 2.35. The lowest BCUT2D eigenvalue weighted by atomic mass is 10.2. The fourth-order valence-corrected chi connectivity index (χ4v) is 1.68. The molecule has 1 rings (SSSR count). The van der Waals surface area contributed by atoms with Gasteiger partial charge in [0.05, 0.1) is 17.1 Å². The Bertz CT molecular complexity index is 494. The zero-order valence-electron chi connectivity index (χ0n) is 11.5. The smallest absolute Gasteiger partial charge is 0.390 e. The Morgan fingerprint density at radius 2 is 2.05 bits per heavy atom. The summed E-state index contributed by atoms with van der Waals surface area (Å²) in [5.41, 5.74) is 6.44. The van der Waals surface area contributed by atoms with Crippen molar-refractivity contribution in [1.29, 1.82) is 0 Å². The molecule has 0 atom stereocenters. The van der Waals surface area contributed by atoms with Gasteiger partial charge in [-0.05, 0) is 25.2 Å². The number of nitrogens with one attached hydrogen (secondary N) is 1. The third-order valence-electron chi connectivity index (χ3n) is 2.78. The van der Waals surface area contributed by atoms with E-state index in [0.29, 0.717) is 16.4 Å². The lowest BCUT2D eigenvalue weighted by Gasteiger charge is -2.17. The number of nitrogen functional groups attached to an aromatic ring is 1. The second-order valence-electron chi connectivity index (χ2n) is 4.70. The van der Waals surface area contributed by atoms with Crippen LogP contribution in [-0.2, 0) is 4.79 Å². The second kappa shape index (κ2) is 7.51. The number of hydrogen-bond acceptors (Lipinski definition) is 3. The van der Waals surface area contributed by atoms with E-state index < -0.39 is 12.6 Å². The molecule has 3 N–H and O–H groups in total. The fraction of sp³-hybridized carbons (Fsp3) is 0.462. The largest absolute Gasteiger partial charge is 0.397 e. The van der Waals surface area contributed by atoms with Gasteiger partial charge in [-0.15, -0.1) is 0 Å². The molecule has 1 aromatic rings. The van der Waals surface area contributed by atoms with Crippen molar-refractivity contribution in [2.75, 3.05) is 31.2 Å². The lowest BCUT2D eigenvalue weighted by Crippen LogP contribution is -2.28. The molecule has 0 aliphatic carbocycles. The summed E-state index contributed by atoms with van der Waals surface area (Å²) in [4.78, 5) is 13.1. The number of nitrogens with zero attached hydrogens (tertiary/aromatic N) is 1. The van der Waals surface area contributed by atoms with E-state index in [1.165, 1.54) is 11.0 Å². The van der Waals surface area contributed by atoms with Crippen LogP contribution in [0.1, 0.15) is 12.8 Å². The van der Waals surface area contributed by atoms with Crippen molar-refractivity contribution >= 4 is 28.9 Å². The van der Waals surface area contributed by atoms with Gasteiger partial charge in [-0.3, -0.25) is 4.79 Å². The number of carbonyl (C=O) groups is 1. The molecule has 0 aliphatic rings. The van der Waals surface area contributed by atoms with E-state index in [2.05, 4.69) is 5.32 Å². The summed E-state index contributed by atoms with van der Waals surface area (Å²) in [5, 5.41) is 3.00. The van der Waals surface area contributed by atoms with E-state index in [-0.39, 0.29) is 25.4 Å². The average molecular weight is 324 g/mol. The first kappa shape index (κ1) is 17.6. The Kier molecular flexibility index (Phi) is 6.29. The number of anilines is 2. The third-order valence-corrected chi connectivity index (χ3v) is 3.12. The highest BCUT2D eigenvalue weighted by atomic mass is 35.5. The molecule has 8 heteroatoms. The molecule has 0 aliphatic heterocycles. The van der Waals surface area contributed by atoms with E-state index in [4.69, 9.17) is 17.3 Å². The Morgan fingerprint density at radius 3 is 2.62 bits per heavy atom. The highest BCUT2D eigenvalue weighted by Crippen LogP contribution is 2.22. The summed E-state index contributed by atoms with van der Waals surface area (Å²) in [6, 6.07) is 4.68. The summed E-state index contributed by atoms with van der Waals surface area (Å²) in [5.74, 6) is -0.296. The molecule has 0 radical (unpaired) electrons. The van der Waals surface area contributed by atoms with Gasteiger partial charge in [-0.25, -0.2) is 0 Å². The fourth-order valence-electron chi connectivity index (χ4n) is 1.57. The average Bonchev–Trinajstić information content (AvgIpc) is 2.37. The molecule has 21 heavy (non-hydrogen) atoms. The van der Waals surface area contributed by atoms with Crippen molar-refractivity contribution in [2.24, 2.45) is 0 Å². The topological polar surface area (TPSA) is 58.4 Å². The monoisotopic (exact) mass is 323 g/mol. The molecule has 0 fully saturated rings. The molecule has 1 aromatic carbocycles. The van der Waals surface area contributed by atoms with Gasteiger partial charge in [0.15, 0.2) is 0 Å². The van der Waals surface area contributed by atoms with Crippen LogP contribution in [0.25, 0.3) is 0 Å². The van der Waals surface area contributed by atoms with Crippen LogP contribution >= 0.6 is 11.6 Å². The van der Waals surface area contributed by atoms with E-state index >= 15 is 0 Å². The predicted molar refractivity (Wildman–Crippen MR) is 77.3 cm³/mol. The maximum absolute atomic E-state index is 12.0. The Morgan fingerprint density at radius 1 is 1.38 bits per heavy atom. The molecule has 0 heterocycles. The number of alkyl halides is 3. The molecule has 118 valence electrons. The molecular formula is C13H17ClF3N3O. The highest BCUT2D eigenvalue weighted by molar-refractivity contribution is 6.33. The van der Waals surface area contributed by atoms with E-state index in [9.17, 15) is 18.0 Å². The molecule has 0 spiro atoms. The molecular weight excluding hydrogens is 307 g/mol. The van der Waals surface area contributed by atoms with Gasteiger partial charge in [0, 0.05) is 25.2 Å². The van der Waals surface area contributed by atoms with Gasteiger partial charge in [0.1, 0.15) is 0 Å². The zero-order valence-corrected chi connectivity index (χ0v) is 12.3. The van der Waals surface area contributed by atoms with Gasteiger partial charge >= 0.3 is 6.18 Å². The Labute approximate surface area is 126 Å². The minimum atomic E-state index is -4.18. The molecule has 4 nitrogen and oxygen atoms in total. The summed E-state index contributed by atoms with van der Waals surface area (Å²) < 4.78 is 36.1. The molecule has 0 saturated carbocycles. The quantitative estimate of drug-likeness (QED) is 0.791. The minimum absolute atomic E-state index is 0.0941. The van der Waals surface area contributed by atoms with Crippen molar-refractivity contribution in [1.82, 2.24) is 4.90 Å². The van der Waals surface area contributed by atoms with Crippen LogP contribution in [-0.4, -0.2) is 37.1 Å². The molecule has 0 bridgehead atoms. The van der Waals surface area contributed by atoms with Gasteiger partial charge < -0.3 is 16.0 Å². The number of amides is 1. The molecule has 0 aromatic heterocycles. The van der Waals surface area contributed by atoms with Crippen molar-refractivity contribution in [3.05, 3.63) is 23.2 Å². The van der Waals surface area contributed by atoms with Crippen LogP contribution in [0, 0.1) is 0 Å². The van der Waals surface area contributed by atoms with Crippen LogP contribution in [0.4, 0.5) is 24.5 Å². The first-order chi connectivity index (χ1) is 9.67. The minimum Gasteiger partial charge on any atom is -0.397 e. The number of halogens is 4. The predicted octanol–water partition coefficient (Wildman–Crippen LogP) is 3.14. The van der Waals surface area contributed by atoms with E-state index in [1.807, 2.05) is 0 Å². The highest BCUT2D eigenvalue weighted by Gasteiger charge is 2.27. The summed E-state index contributed by atoms with van der Waals surface area (Å²) >= 11 is 5.76. The van der Waals surface area contributed by atoms with Crippen molar-refractivity contribution in [2.45, 2.75) is 19.0 Å². The standard InChI is InChI=1S/C13H17ClF3N3O/c1-20(7-5-13(15,16)17)6-4-12(21)19-9-2-3-10(14)11(18)8-9/h2-3,8H,4-7,18H2,1H3,(H,19,21). The number of benzene rings is 1.